The Labute approximate surface area is 112 Å². The molecule has 0 spiro atoms. The van der Waals surface area contributed by atoms with Crippen molar-refractivity contribution in [3.05, 3.63) is 30.3 Å². The number of hydrogen-bond donors (Lipinski definition) is 1. The lowest BCUT2D eigenvalue weighted by Crippen LogP contribution is -2.44. The highest BCUT2D eigenvalue weighted by atomic mass is 35.5. The highest BCUT2D eigenvalue weighted by Gasteiger charge is 2.24. The number of nitrogens with one attached hydrogen (secondary N) is 1. The molecule has 4 heteroatoms. The first kappa shape index (κ1) is 13.2. The van der Waals surface area contributed by atoms with Crippen molar-refractivity contribution in [3.63, 3.8) is 0 Å². The van der Waals surface area contributed by atoms with Crippen LogP contribution in [0.4, 0.5) is 0 Å². The lowest BCUT2D eigenvalue weighted by atomic mass is 9.95. The summed E-state index contributed by atoms with van der Waals surface area (Å²) < 4.78 is 5.39. The monoisotopic (exact) mass is 267 g/mol. The van der Waals surface area contributed by atoms with Gasteiger partial charge in [-0.05, 0) is 25.0 Å². The number of carbonyl (C=O) groups is 1. The van der Waals surface area contributed by atoms with Gasteiger partial charge in [-0.1, -0.05) is 31.0 Å². The van der Waals surface area contributed by atoms with Crippen molar-refractivity contribution >= 4 is 17.5 Å². The SMILES string of the molecule is O=C(COc1ccccc1)NC1CCCCC1Cl. The predicted octanol–water partition coefficient (Wildman–Crippen LogP) is 2.73. The second-order valence-corrected chi connectivity index (χ2v) is 5.14. The summed E-state index contributed by atoms with van der Waals surface area (Å²) in [6, 6.07) is 9.42. The van der Waals surface area contributed by atoms with Crippen molar-refractivity contribution in [2.24, 2.45) is 0 Å². The summed E-state index contributed by atoms with van der Waals surface area (Å²) in [7, 11) is 0. The molecule has 0 heterocycles. The van der Waals surface area contributed by atoms with Gasteiger partial charge in [0.15, 0.2) is 6.61 Å². The second-order valence-electron chi connectivity index (χ2n) is 4.58. The molecule has 1 fully saturated rings. The molecule has 1 aromatic carbocycles. The number of rotatable bonds is 4. The maximum Gasteiger partial charge on any atom is 0.258 e. The summed E-state index contributed by atoms with van der Waals surface area (Å²) in [5.74, 6) is 0.607. The normalized spacial score (nSPS) is 23.4. The van der Waals surface area contributed by atoms with Gasteiger partial charge >= 0.3 is 0 Å². The van der Waals surface area contributed by atoms with E-state index in [-0.39, 0.29) is 23.9 Å². The van der Waals surface area contributed by atoms with Crippen molar-refractivity contribution < 1.29 is 9.53 Å². The minimum Gasteiger partial charge on any atom is -0.484 e. The molecule has 0 saturated heterocycles. The van der Waals surface area contributed by atoms with Gasteiger partial charge in [-0.3, -0.25) is 4.79 Å². The van der Waals surface area contributed by atoms with Crippen LogP contribution in [0.2, 0.25) is 0 Å². The Hall–Kier alpha value is -1.22. The van der Waals surface area contributed by atoms with Gasteiger partial charge in [0, 0.05) is 6.04 Å². The fourth-order valence-corrected chi connectivity index (χ4v) is 2.51. The molecule has 3 nitrogen and oxygen atoms in total. The molecule has 2 rings (SSSR count). The molecule has 0 radical (unpaired) electrons. The highest BCUT2D eigenvalue weighted by Crippen LogP contribution is 2.22. The maximum absolute atomic E-state index is 11.7. The van der Waals surface area contributed by atoms with E-state index in [0.717, 1.165) is 25.7 Å². The zero-order chi connectivity index (χ0) is 12.8. The Morgan fingerprint density at radius 2 is 2.00 bits per heavy atom. The van der Waals surface area contributed by atoms with Gasteiger partial charge in [0.05, 0.1) is 5.38 Å². The number of amides is 1. The third kappa shape index (κ3) is 3.91. The van der Waals surface area contributed by atoms with Gasteiger partial charge in [-0.15, -0.1) is 11.6 Å². The van der Waals surface area contributed by atoms with E-state index in [1.54, 1.807) is 0 Å². The summed E-state index contributed by atoms with van der Waals surface area (Å²) in [6.45, 7) is 0.0458. The summed E-state index contributed by atoms with van der Waals surface area (Å²) in [4.78, 5) is 11.7. The molecule has 1 saturated carbocycles. The highest BCUT2D eigenvalue weighted by molar-refractivity contribution is 6.21. The first-order valence-corrected chi connectivity index (χ1v) is 6.80. The standard InChI is InChI=1S/C14H18ClNO2/c15-12-8-4-5-9-13(12)16-14(17)10-18-11-6-2-1-3-7-11/h1-3,6-7,12-13H,4-5,8-10H2,(H,16,17). The topological polar surface area (TPSA) is 38.3 Å². The van der Waals surface area contributed by atoms with Crippen LogP contribution in [0.3, 0.4) is 0 Å². The summed E-state index contributed by atoms with van der Waals surface area (Å²) in [6.07, 6.45) is 4.23. The van der Waals surface area contributed by atoms with E-state index in [2.05, 4.69) is 5.32 Å². The Morgan fingerprint density at radius 1 is 1.28 bits per heavy atom. The van der Waals surface area contributed by atoms with Crippen molar-refractivity contribution in [1.82, 2.24) is 5.32 Å². The van der Waals surface area contributed by atoms with E-state index in [0.29, 0.717) is 5.75 Å². The molecule has 1 aromatic rings. The van der Waals surface area contributed by atoms with Crippen molar-refractivity contribution in [2.75, 3.05) is 6.61 Å². The molecule has 98 valence electrons. The molecule has 0 bridgehead atoms. The minimum atomic E-state index is -0.101. The smallest absolute Gasteiger partial charge is 0.258 e. The van der Waals surface area contributed by atoms with Crippen LogP contribution in [-0.2, 0) is 4.79 Å². The fraction of sp³-hybridized carbons (Fsp3) is 0.500. The van der Waals surface area contributed by atoms with Crippen molar-refractivity contribution in [2.45, 2.75) is 37.1 Å². The van der Waals surface area contributed by atoms with Crippen LogP contribution in [0.5, 0.6) is 5.75 Å². The number of benzene rings is 1. The molecular weight excluding hydrogens is 250 g/mol. The van der Waals surface area contributed by atoms with Crippen LogP contribution in [0.25, 0.3) is 0 Å². The van der Waals surface area contributed by atoms with Crippen LogP contribution < -0.4 is 10.1 Å². The van der Waals surface area contributed by atoms with Gasteiger partial charge in [-0.25, -0.2) is 0 Å². The molecule has 18 heavy (non-hydrogen) atoms. The number of para-hydroxylation sites is 1. The molecule has 2 atom stereocenters. The summed E-state index contributed by atoms with van der Waals surface area (Å²) >= 11 is 6.19. The van der Waals surface area contributed by atoms with Crippen LogP contribution in [0.15, 0.2) is 30.3 Å². The summed E-state index contributed by atoms with van der Waals surface area (Å²) in [5, 5.41) is 3.00. The van der Waals surface area contributed by atoms with E-state index in [1.165, 1.54) is 0 Å². The van der Waals surface area contributed by atoms with Crippen LogP contribution in [0, 0.1) is 0 Å². The number of halogens is 1. The molecule has 1 N–H and O–H groups in total. The quantitative estimate of drug-likeness (QED) is 0.852. The largest absolute Gasteiger partial charge is 0.484 e. The van der Waals surface area contributed by atoms with E-state index < -0.39 is 0 Å². The Bertz CT molecular complexity index is 383. The molecule has 0 aliphatic heterocycles. The van der Waals surface area contributed by atoms with Crippen molar-refractivity contribution in [3.8, 4) is 5.75 Å². The van der Waals surface area contributed by atoms with Gasteiger partial charge < -0.3 is 10.1 Å². The summed E-state index contributed by atoms with van der Waals surface area (Å²) in [5.41, 5.74) is 0. The third-order valence-corrected chi connectivity index (χ3v) is 3.66. The Balaban J connectivity index is 1.75. The zero-order valence-corrected chi connectivity index (χ0v) is 11.0. The second kappa shape index (κ2) is 6.64. The van der Waals surface area contributed by atoms with Gasteiger partial charge in [-0.2, -0.15) is 0 Å². The fourth-order valence-electron chi connectivity index (χ4n) is 2.16. The van der Waals surface area contributed by atoms with E-state index in [9.17, 15) is 4.79 Å². The number of alkyl halides is 1. The van der Waals surface area contributed by atoms with E-state index in [4.69, 9.17) is 16.3 Å². The number of ether oxygens (including phenoxy) is 1. The molecular formula is C14H18ClNO2. The molecule has 1 amide bonds. The molecule has 2 unspecified atom stereocenters. The van der Waals surface area contributed by atoms with Crippen LogP contribution >= 0.6 is 11.6 Å². The number of hydrogen-bond acceptors (Lipinski definition) is 2. The Morgan fingerprint density at radius 3 is 2.72 bits per heavy atom. The first-order valence-electron chi connectivity index (χ1n) is 6.37. The van der Waals surface area contributed by atoms with Crippen molar-refractivity contribution in [1.29, 1.82) is 0 Å². The minimum absolute atomic E-state index is 0.0458. The van der Waals surface area contributed by atoms with Gasteiger partial charge in [0.1, 0.15) is 5.75 Å². The average Bonchev–Trinajstić information content (AvgIpc) is 2.40. The average molecular weight is 268 g/mol. The molecule has 1 aliphatic rings. The lowest BCUT2D eigenvalue weighted by Gasteiger charge is -2.27. The third-order valence-electron chi connectivity index (χ3n) is 3.14. The lowest BCUT2D eigenvalue weighted by molar-refractivity contribution is -0.124. The van der Waals surface area contributed by atoms with Crippen LogP contribution in [-0.4, -0.2) is 23.9 Å². The van der Waals surface area contributed by atoms with E-state index >= 15 is 0 Å². The van der Waals surface area contributed by atoms with Crippen LogP contribution in [0.1, 0.15) is 25.7 Å². The zero-order valence-electron chi connectivity index (χ0n) is 10.3. The molecule has 1 aliphatic carbocycles. The van der Waals surface area contributed by atoms with Gasteiger partial charge in [0.25, 0.3) is 5.91 Å². The maximum atomic E-state index is 11.7. The number of carbonyl (C=O) groups excluding carboxylic acids is 1. The van der Waals surface area contributed by atoms with Gasteiger partial charge in [0.2, 0.25) is 0 Å². The van der Waals surface area contributed by atoms with E-state index in [1.807, 2.05) is 30.3 Å². The molecule has 0 aromatic heterocycles. The Kier molecular flexibility index (Phi) is 4.88. The first-order chi connectivity index (χ1) is 8.75. The predicted molar refractivity (Wildman–Crippen MR) is 72.0 cm³/mol.